The molecule has 116 valence electrons. The first-order chi connectivity index (χ1) is 10.7. The highest BCUT2D eigenvalue weighted by atomic mass is 32.1. The lowest BCUT2D eigenvalue weighted by atomic mass is 9.79. The fourth-order valence-electron chi connectivity index (χ4n) is 3.58. The van der Waals surface area contributed by atoms with Crippen LogP contribution in [-0.4, -0.2) is 32.4 Å². The van der Waals surface area contributed by atoms with Crippen LogP contribution in [0.3, 0.4) is 0 Å². The van der Waals surface area contributed by atoms with E-state index in [2.05, 4.69) is 45.1 Å². The molecule has 0 N–H and O–H groups in total. The van der Waals surface area contributed by atoms with Gasteiger partial charge in [-0.05, 0) is 26.3 Å². The van der Waals surface area contributed by atoms with Crippen molar-refractivity contribution in [3.63, 3.8) is 0 Å². The number of piperidine rings is 1. The predicted octanol–water partition coefficient (Wildman–Crippen LogP) is 3.71. The molecular weight excluding hydrogens is 312 g/mol. The third-order valence-corrected chi connectivity index (χ3v) is 6.16. The number of imidazole rings is 1. The van der Waals surface area contributed by atoms with Crippen LogP contribution in [0, 0.1) is 6.92 Å². The molecule has 3 aromatic heterocycles. The number of hydrogen-bond acceptors (Lipinski definition) is 5. The van der Waals surface area contributed by atoms with Crippen LogP contribution in [0.15, 0.2) is 22.5 Å². The summed E-state index contributed by atoms with van der Waals surface area (Å²) in [6.07, 6.45) is 4.57. The van der Waals surface area contributed by atoms with Gasteiger partial charge in [0.1, 0.15) is 10.7 Å². The van der Waals surface area contributed by atoms with Gasteiger partial charge in [-0.15, -0.1) is 22.7 Å². The molecule has 0 radical (unpaired) electrons. The SMILES string of the molecule is Cc1nc([C@@]2(C)CCCN(Cc3cscn3)C2)c2sccn12. The van der Waals surface area contributed by atoms with E-state index in [-0.39, 0.29) is 5.41 Å². The Labute approximate surface area is 138 Å². The van der Waals surface area contributed by atoms with Crippen molar-refractivity contribution in [2.45, 2.75) is 38.6 Å². The monoisotopic (exact) mass is 332 g/mol. The summed E-state index contributed by atoms with van der Waals surface area (Å²) in [6, 6.07) is 0. The maximum absolute atomic E-state index is 4.91. The van der Waals surface area contributed by atoms with E-state index >= 15 is 0 Å². The molecule has 22 heavy (non-hydrogen) atoms. The molecular formula is C16H20N4S2. The summed E-state index contributed by atoms with van der Waals surface area (Å²) in [6.45, 7) is 7.66. The van der Waals surface area contributed by atoms with Crippen molar-refractivity contribution in [1.82, 2.24) is 19.3 Å². The molecule has 0 saturated carbocycles. The van der Waals surface area contributed by atoms with Gasteiger partial charge in [0.2, 0.25) is 0 Å². The van der Waals surface area contributed by atoms with E-state index < -0.39 is 0 Å². The highest BCUT2D eigenvalue weighted by molar-refractivity contribution is 7.15. The number of likely N-dealkylation sites (tertiary alicyclic amines) is 1. The van der Waals surface area contributed by atoms with Crippen LogP contribution < -0.4 is 0 Å². The number of fused-ring (bicyclic) bond motifs is 1. The van der Waals surface area contributed by atoms with Crippen molar-refractivity contribution < 1.29 is 0 Å². The van der Waals surface area contributed by atoms with E-state index in [9.17, 15) is 0 Å². The van der Waals surface area contributed by atoms with E-state index in [1.54, 1.807) is 22.7 Å². The van der Waals surface area contributed by atoms with Gasteiger partial charge in [0.15, 0.2) is 0 Å². The van der Waals surface area contributed by atoms with Gasteiger partial charge >= 0.3 is 0 Å². The van der Waals surface area contributed by atoms with Gasteiger partial charge < -0.3 is 0 Å². The van der Waals surface area contributed by atoms with Crippen LogP contribution >= 0.6 is 22.7 Å². The summed E-state index contributed by atoms with van der Waals surface area (Å²) in [5.41, 5.74) is 4.53. The van der Waals surface area contributed by atoms with Gasteiger partial charge in [-0.25, -0.2) is 9.97 Å². The lowest BCUT2D eigenvalue weighted by Gasteiger charge is -2.39. The van der Waals surface area contributed by atoms with Crippen LogP contribution in [0.2, 0.25) is 0 Å². The minimum atomic E-state index is 0.138. The van der Waals surface area contributed by atoms with Gasteiger partial charge in [-0.3, -0.25) is 9.30 Å². The second-order valence-corrected chi connectivity index (χ2v) is 8.05. The third-order valence-electron chi connectivity index (χ3n) is 4.65. The normalized spacial score (nSPS) is 23.4. The summed E-state index contributed by atoms with van der Waals surface area (Å²) in [5.74, 6) is 1.10. The standard InChI is InChI=1S/C16H20N4S2/c1-12-18-14(15-20(12)6-7-22-15)16(2)4-3-5-19(10-16)8-13-9-21-11-17-13/h6-7,9,11H,3-5,8,10H2,1-2H3/t16-/m0/s1. The van der Waals surface area contributed by atoms with Crippen LogP contribution in [0.1, 0.15) is 37.0 Å². The molecule has 4 heterocycles. The fraction of sp³-hybridized carbons (Fsp3) is 0.500. The zero-order chi connectivity index (χ0) is 15.2. The Morgan fingerprint density at radius 1 is 1.41 bits per heavy atom. The molecule has 0 aromatic carbocycles. The minimum Gasteiger partial charge on any atom is -0.297 e. The first kappa shape index (κ1) is 14.4. The number of hydrogen-bond donors (Lipinski definition) is 0. The maximum atomic E-state index is 4.91. The van der Waals surface area contributed by atoms with Crippen molar-refractivity contribution in [3.05, 3.63) is 39.7 Å². The Kier molecular flexibility index (Phi) is 3.55. The Morgan fingerprint density at radius 2 is 2.32 bits per heavy atom. The molecule has 1 aliphatic heterocycles. The number of thiazole rings is 2. The van der Waals surface area contributed by atoms with E-state index in [4.69, 9.17) is 4.98 Å². The maximum Gasteiger partial charge on any atom is 0.123 e. The van der Waals surface area contributed by atoms with Gasteiger partial charge in [-0.1, -0.05) is 6.92 Å². The van der Waals surface area contributed by atoms with Crippen LogP contribution in [0.5, 0.6) is 0 Å². The Bertz CT molecular complexity index is 773. The molecule has 4 nitrogen and oxygen atoms in total. The average molecular weight is 332 g/mol. The molecule has 1 fully saturated rings. The average Bonchev–Trinajstić information content (AvgIpc) is 3.19. The molecule has 0 bridgehead atoms. The molecule has 3 aromatic rings. The van der Waals surface area contributed by atoms with Crippen molar-refractivity contribution in [1.29, 1.82) is 0 Å². The van der Waals surface area contributed by atoms with E-state index in [0.717, 1.165) is 25.5 Å². The first-order valence-corrected chi connectivity index (χ1v) is 9.50. The second-order valence-electron chi connectivity index (χ2n) is 6.44. The highest BCUT2D eigenvalue weighted by Gasteiger charge is 2.36. The van der Waals surface area contributed by atoms with Crippen molar-refractivity contribution in [2.24, 2.45) is 0 Å². The van der Waals surface area contributed by atoms with Crippen molar-refractivity contribution >= 4 is 27.5 Å². The fourth-order valence-corrected chi connectivity index (χ4v) is 5.15. The van der Waals surface area contributed by atoms with Crippen molar-refractivity contribution in [3.8, 4) is 0 Å². The number of aromatic nitrogens is 3. The van der Waals surface area contributed by atoms with Gasteiger partial charge in [-0.2, -0.15) is 0 Å². The molecule has 4 rings (SSSR count). The largest absolute Gasteiger partial charge is 0.297 e. The molecule has 1 saturated heterocycles. The molecule has 1 aliphatic rings. The molecule has 0 unspecified atom stereocenters. The smallest absolute Gasteiger partial charge is 0.123 e. The first-order valence-electron chi connectivity index (χ1n) is 7.68. The van der Waals surface area contributed by atoms with Gasteiger partial charge in [0.05, 0.1) is 16.9 Å². The third kappa shape index (κ3) is 2.39. The van der Waals surface area contributed by atoms with Crippen molar-refractivity contribution in [2.75, 3.05) is 13.1 Å². The molecule has 6 heteroatoms. The Hall–Kier alpha value is -1.24. The van der Waals surface area contributed by atoms with Crippen LogP contribution in [-0.2, 0) is 12.0 Å². The molecule has 1 atom stereocenters. The lowest BCUT2D eigenvalue weighted by molar-refractivity contribution is 0.147. The van der Waals surface area contributed by atoms with Crippen LogP contribution in [0.25, 0.3) is 4.83 Å². The van der Waals surface area contributed by atoms with Gasteiger partial charge in [0.25, 0.3) is 0 Å². The molecule has 0 spiro atoms. The highest BCUT2D eigenvalue weighted by Crippen LogP contribution is 2.37. The molecule has 0 aliphatic carbocycles. The summed E-state index contributed by atoms with van der Waals surface area (Å²) in [5, 5.41) is 4.32. The number of rotatable bonds is 3. The van der Waals surface area contributed by atoms with E-state index in [0.29, 0.717) is 0 Å². The summed E-state index contributed by atoms with van der Waals surface area (Å²) >= 11 is 3.48. The van der Waals surface area contributed by atoms with Crippen LogP contribution in [0.4, 0.5) is 0 Å². The zero-order valence-electron chi connectivity index (χ0n) is 13.0. The quantitative estimate of drug-likeness (QED) is 0.733. The van der Waals surface area contributed by atoms with E-state index in [1.807, 2.05) is 5.51 Å². The number of nitrogens with zero attached hydrogens (tertiary/aromatic N) is 4. The zero-order valence-corrected chi connectivity index (χ0v) is 14.6. The Balaban J connectivity index is 1.63. The second kappa shape index (κ2) is 5.44. The molecule has 0 amide bonds. The Morgan fingerprint density at radius 3 is 3.14 bits per heavy atom. The predicted molar refractivity (Wildman–Crippen MR) is 91.8 cm³/mol. The summed E-state index contributed by atoms with van der Waals surface area (Å²) in [7, 11) is 0. The lowest BCUT2D eigenvalue weighted by Crippen LogP contribution is -2.44. The number of aryl methyl sites for hydroxylation is 1. The van der Waals surface area contributed by atoms with Gasteiger partial charge in [0, 0.05) is 35.5 Å². The minimum absolute atomic E-state index is 0.138. The van der Waals surface area contributed by atoms with E-state index in [1.165, 1.54) is 29.1 Å². The summed E-state index contributed by atoms with van der Waals surface area (Å²) in [4.78, 5) is 13.2. The summed E-state index contributed by atoms with van der Waals surface area (Å²) < 4.78 is 2.23. The topological polar surface area (TPSA) is 33.4 Å².